The van der Waals surface area contributed by atoms with E-state index in [1.54, 1.807) is 0 Å². The molecule has 2 atom stereocenters. The fraction of sp³-hybridized carbons (Fsp3) is 0.947. The van der Waals surface area contributed by atoms with Crippen molar-refractivity contribution in [3.63, 3.8) is 0 Å². The third-order valence-corrected chi connectivity index (χ3v) is 6.57. The minimum Gasteiger partial charge on any atom is -0.391 e. The summed E-state index contributed by atoms with van der Waals surface area (Å²) in [5, 5.41) is 13.2. The number of nitrogens with one attached hydrogen (secondary N) is 1. The van der Waals surface area contributed by atoms with Crippen LogP contribution in [0.3, 0.4) is 0 Å². The largest absolute Gasteiger partial charge is 0.391 e. The van der Waals surface area contributed by atoms with Gasteiger partial charge in [-0.1, -0.05) is 6.92 Å². The standard InChI is InChI=1S/C19H35N3O2/c1-14-9-12-21(13-10-14)17-7-5-16(6-8-17)20-19(24)22-11-3-4-18(23)15(22)2/h14-18,23H,3-13H2,1-2H3,(H,20,24). The Labute approximate surface area is 146 Å². The van der Waals surface area contributed by atoms with E-state index in [2.05, 4.69) is 17.1 Å². The summed E-state index contributed by atoms with van der Waals surface area (Å²) in [6.45, 7) is 7.60. The number of likely N-dealkylation sites (tertiary alicyclic amines) is 2. The average Bonchev–Trinajstić information content (AvgIpc) is 2.59. The summed E-state index contributed by atoms with van der Waals surface area (Å²) in [7, 11) is 0. The highest BCUT2D eigenvalue weighted by Gasteiger charge is 2.32. The van der Waals surface area contributed by atoms with Crippen LogP contribution in [0.4, 0.5) is 4.79 Å². The minimum absolute atomic E-state index is 0.0245. The molecule has 24 heavy (non-hydrogen) atoms. The number of piperidine rings is 2. The molecule has 0 aromatic heterocycles. The number of carbonyl (C=O) groups excluding carboxylic acids is 1. The van der Waals surface area contributed by atoms with Gasteiger partial charge < -0.3 is 20.2 Å². The number of aliphatic hydroxyl groups excluding tert-OH is 1. The van der Waals surface area contributed by atoms with E-state index in [-0.39, 0.29) is 18.2 Å². The molecular formula is C19H35N3O2. The molecule has 0 bridgehead atoms. The number of amides is 2. The summed E-state index contributed by atoms with van der Waals surface area (Å²) in [5.41, 5.74) is 0. The van der Waals surface area contributed by atoms with Crippen LogP contribution in [0.5, 0.6) is 0 Å². The van der Waals surface area contributed by atoms with E-state index in [0.717, 1.165) is 44.2 Å². The maximum Gasteiger partial charge on any atom is 0.317 e. The smallest absolute Gasteiger partial charge is 0.317 e. The molecule has 138 valence electrons. The van der Waals surface area contributed by atoms with E-state index < -0.39 is 0 Å². The first-order valence-electron chi connectivity index (χ1n) is 10.0. The monoisotopic (exact) mass is 337 g/mol. The Balaban J connectivity index is 1.42. The predicted octanol–water partition coefficient (Wildman–Crippen LogP) is 2.58. The second kappa shape index (κ2) is 8.05. The SMILES string of the molecule is CC1CCN(C2CCC(NC(=O)N3CCCC(O)C3C)CC2)CC1. The van der Waals surface area contributed by atoms with Gasteiger partial charge in [-0.25, -0.2) is 4.79 Å². The summed E-state index contributed by atoms with van der Waals surface area (Å²) < 4.78 is 0. The van der Waals surface area contributed by atoms with Crippen molar-refractivity contribution in [1.82, 2.24) is 15.1 Å². The van der Waals surface area contributed by atoms with Crippen molar-refractivity contribution in [3.05, 3.63) is 0 Å². The Morgan fingerprint density at radius 2 is 1.62 bits per heavy atom. The molecule has 1 aliphatic carbocycles. The van der Waals surface area contributed by atoms with Crippen molar-refractivity contribution in [2.75, 3.05) is 19.6 Å². The number of hydrogen-bond donors (Lipinski definition) is 2. The second-order valence-corrected chi connectivity index (χ2v) is 8.32. The third kappa shape index (κ3) is 4.23. The van der Waals surface area contributed by atoms with Gasteiger partial charge in [-0.15, -0.1) is 0 Å². The highest BCUT2D eigenvalue weighted by molar-refractivity contribution is 5.75. The zero-order valence-corrected chi connectivity index (χ0v) is 15.4. The molecule has 0 aromatic rings. The maximum atomic E-state index is 12.5. The number of urea groups is 1. The molecular weight excluding hydrogens is 302 g/mol. The van der Waals surface area contributed by atoms with Gasteiger partial charge in [-0.3, -0.25) is 0 Å². The van der Waals surface area contributed by atoms with Gasteiger partial charge in [0.25, 0.3) is 0 Å². The molecule has 3 aliphatic rings. The lowest BCUT2D eigenvalue weighted by Crippen LogP contribution is -2.55. The van der Waals surface area contributed by atoms with Crippen LogP contribution in [0.15, 0.2) is 0 Å². The number of aliphatic hydroxyl groups is 1. The average molecular weight is 338 g/mol. The molecule has 2 saturated heterocycles. The molecule has 0 spiro atoms. The number of hydrogen-bond acceptors (Lipinski definition) is 3. The topological polar surface area (TPSA) is 55.8 Å². The number of carbonyl (C=O) groups is 1. The van der Waals surface area contributed by atoms with E-state index in [4.69, 9.17) is 0 Å². The van der Waals surface area contributed by atoms with E-state index in [1.165, 1.54) is 38.8 Å². The molecule has 2 amide bonds. The zero-order chi connectivity index (χ0) is 17.1. The first-order valence-corrected chi connectivity index (χ1v) is 10.0. The van der Waals surface area contributed by atoms with Crippen molar-refractivity contribution >= 4 is 6.03 Å². The van der Waals surface area contributed by atoms with Crippen LogP contribution >= 0.6 is 0 Å². The maximum absolute atomic E-state index is 12.5. The zero-order valence-electron chi connectivity index (χ0n) is 15.4. The van der Waals surface area contributed by atoms with Gasteiger partial charge in [0.2, 0.25) is 0 Å². The van der Waals surface area contributed by atoms with Crippen molar-refractivity contribution in [1.29, 1.82) is 0 Å². The molecule has 0 aromatic carbocycles. The number of nitrogens with zero attached hydrogens (tertiary/aromatic N) is 2. The van der Waals surface area contributed by atoms with Crippen LogP contribution in [0, 0.1) is 5.92 Å². The van der Waals surface area contributed by atoms with Gasteiger partial charge in [-0.2, -0.15) is 0 Å². The van der Waals surface area contributed by atoms with Crippen molar-refractivity contribution in [2.45, 2.75) is 89.4 Å². The molecule has 0 radical (unpaired) electrons. The lowest BCUT2D eigenvalue weighted by Gasteiger charge is -2.41. The van der Waals surface area contributed by atoms with Crippen LogP contribution in [0.1, 0.15) is 65.2 Å². The van der Waals surface area contributed by atoms with E-state index >= 15 is 0 Å². The Hall–Kier alpha value is -0.810. The van der Waals surface area contributed by atoms with Crippen molar-refractivity contribution < 1.29 is 9.90 Å². The van der Waals surface area contributed by atoms with Gasteiger partial charge >= 0.3 is 6.03 Å². The van der Waals surface area contributed by atoms with Crippen LogP contribution in [0.25, 0.3) is 0 Å². The van der Waals surface area contributed by atoms with Gasteiger partial charge in [0, 0.05) is 18.6 Å². The van der Waals surface area contributed by atoms with E-state index in [0.29, 0.717) is 6.04 Å². The van der Waals surface area contributed by atoms with E-state index in [9.17, 15) is 9.90 Å². The first kappa shape index (κ1) is 18.0. The van der Waals surface area contributed by atoms with Gasteiger partial charge in [0.1, 0.15) is 0 Å². The fourth-order valence-corrected chi connectivity index (χ4v) is 4.65. The summed E-state index contributed by atoms with van der Waals surface area (Å²) in [6, 6.07) is 0.993. The summed E-state index contributed by atoms with van der Waals surface area (Å²) >= 11 is 0. The van der Waals surface area contributed by atoms with Crippen LogP contribution in [-0.2, 0) is 0 Å². The first-order chi connectivity index (χ1) is 11.5. The van der Waals surface area contributed by atoms with Crippen LogP contribution < -0.4 is 5.32 Å². The number of rotatable bonds is 2. The molecule has 1 saturated carbocycles. The normalized spacial score (nSPS) is 36.5. The lowest BCUT2D eigenvalue weighted by molar-refractivity contribution is 0.0372. The highest BCUT2D eigenvalue weighted by Crippen LogP contribution is 2.27. The Kier molecular flexibility index (Phi) is 6.03. The Bertz CT molecular complexity index is 415. The summed E-state index contributed by atoms with van der Waals surface area (Å²) in [4.78, 5) is 17.0. The molecule has 2 N–H and O–H groups in total. The van der Waals surface area contributed by atoms with Gasteiger partial charge in [-0.05, 0) is 77.3 Å². The molecule has 2 unspecified atom stereocenters. The van der Waals surface area contributed by atoms with Crippen molar-refractivity contribution in [2.24, 2.45) is 5.92 Å². The summed E-state index contributed by atoms with van der Waals surface area (Å²) in [6.07, 6.45) is 8.61. The third-order valence-electron chi connectivity index (χ3n) is 6.57. The van der Waals surface area contributed by atoms with Gasteiger partial charge in [0.05, 0.1) is 12.1 Å². The Morgan fingerprint density at radius 1 is 0.958 bits per heavy atom. The fourth-order valence-electron chi connectivity index (χ4n) is 4.65. The van der Waals surface area contributed by atoms with Crippen molar-refractivity contribution in [3.8, 4) is 0 Å². The summed E-state index contributed by atoms with van der Waals surface area (Å²) in [5.74, 6) is 0.888. The molecule has 5 heteroatoms. The van der Waals surface area contributed by atoms with Crippen LogP contribution in [0.2, 0.25) is 0 Å². The molecule has 2 aliphatic heterocycles. The minimum atomic E-state index is -0.373. The lowest BCUT2D eigenvalue weighted by atomic mass is 9.88. The molecule has 3 rings (SSSR count). The predicted molar refractivity (Wildman–Crippen MR) is 96.0 cm³/mol. The molecule has 3 fully saturated rings. The molecule has 2 heterocycles. The van der Waals surface area contributed by atoms with Gasteiger partial charge in [0.15, 0.2) is 0 Å². The second-order valence-electron chi connectivity index (χ2n) is 8.32. The Morgan fingerprint density at radius 3 is 2.29 bits per heavy atom. The quantitative estimate of drug-likeness (QED) is 0.814. The molecule has 5 nitrogen and oxygen atoms in total. The van der Waals surface area contributed by atoms with Crippen LogP contribution in [-0.4, -0.2) is 64.8 Å². The highest BCUT2D eigenvalue weighted by atomic mass is 16.3. The van der Waals surface area contributed by atoms with E-state index in [1.807, 2.05) is 11.8 Å².